The van der Waals surface area contributed by atoms with Crippen LogP contribution in [0.2, 0.25) is 0 Å². The van der Waals surface area contributed by atoms with E-state index in [0.29, 0.717) is 5.89 Å². The van der Waals surface area contributed by atoms with Gasteiger partial charge in [-0.1, -0.05) is 41.5 Å². The van der Waals surface area contributed by atoms with E-state index in [1.54, 1.807) is 0 Å². The number of rotatable bonds is 4. The molecule has 1 heterocycles. The second-order valence-corrected chi connectivity index (χ2v) is 6.31. The number of nitrogens with one attached hydrogen (secondary N) is 1. The molecule has 0 radical (unpaired) electrons. The smallest absolute Gasteiger partial charge is 0.322 e. The molecule has 25 heavy (non-hydrogen) atoms. The predicted octanol–water partition coefficient (Wildman–Crippen LogP) is 3.80. The topological polar surface area (TPSA) is 68.0 Å². The van der Waals surface area contributed by atoms with Gasteiger partial charge in [-0.15, -0.1) is 5.10 Å². The monoisotopic (exact) mass is 333 g/mol. The van der Waals surface area contributed by atoms with E-state index in [0.717, 1.165) is 24.0 Å². The molecule has 0 aliphatic heterocycles. The van der Waals surface area contributed by atoms with E-state index in [1.165, 1.54) is 24.0 Å². The summed E-state index contributed by atoms with van der Waals surface area (Å²) in [4.78, 5) is 12.1. The molecule has 1 aromatic heterocycles. The highest BCUT2D eigenvalue weighted by molar-refractivity contribution is 5.90. The molecular weight excluding hydrogens is 314 g/mol. The molecule has 5 nitrogen and oxygen atoms in total. The Hall–Kier alpha value is -2.95. The summed E-state index contributed by atoms with van der Waals surface area (Å²) in [6.07, 6.45) is 4.99. The van der Waals surface area contributed by atoms with Gasteiger partial charge in [0.15, 0.2) is 0 Å². The van der Waals surface area contributed by atoms with Crippen LogP contribution in [0.5, 0.6) is 0 Å². The molecule has 1 aliphatic rings. The fourth-order valence-electron chi connectivity index (χ4n) is 3.20. The van der Waals surface area contributed by atoms with Crippen molar-refractivity contribution in [3.8, 4) is 11.5 Å². The number of benzene rings is 2. The van der Waals surface area contributed by atoms with E-state index >= 15 is 0 Å². The van der Waals surface area contributed by atoms with Crippen molar-refractivity contribution in [3.05, 3.63) is 65.2 Å². The molecule has 0 saturated heterocycles. The maximum atomic E-state index is 12.1. The summed E-state index contributed by atoms with van der Waals surface area (Å²) in [6.45, 7) is 0. The van der Waals surface area contributed by atoms with Gasteiger partial charge in [-0.05, 0) is 54.5 Å². The van der Waals surface area contributed by atoms with Crippen LogP contribution in [-0.4, -0.2) is 16.1 Å². The van der Waals surface area contributed by atoms with E-state index in [9.17, 15) is 4.79 Å². The highest BCUT2D eigenvalue weighted by Gasteiger charge is 2.15. The van der Waals surface area contributed by atoms with Crippen molar-refractivity contribution in [2.45, 2.75) is 32.1 Å². The fraction of sp³-hybridized carbons (Fsp3) is 0.250. The Balaban J connectivity index is 1.46. The molecule has 0 bridgehead atoms. The Morgan fingerprint density at radius 2 is 1.80 bits per heavy atom. The molecule has 5 heteroatoms. The van der Waals surface area contributed by atoms with Crippen molar-refractivity contribution in [2.24, 2.45) is 0 Å². The molecule has 0 spiro atoms. The maximum Gasteiger partial charge on any atom is 0.322 e. The zero-order chi connectivity index (χ0) is 17.1. The van der Waals surface area contributed by atoms with Gasteiger partial charge in [-0.25, -0.2) is 0 Å². The lowest BCUT2D eigenvalue weighted by atomic mass is 9.90. The minimum Gasteiger partial charge on any atom is -0.403 e. The first-order valence-electron chi connectivity index (χ1n) is 8.57. The first kappa shape index (κ1) is 15.6. The van der Waals surface area contributed by atoms with Crippen molar-refractivity contribution in [2.75, 3.05) is 5.32 Å². The molecule has 0 unspecified atom stereocenters. The van der Waals surface area contributed by atoms with Crippen LogP contribution >= 0.6 is 0 Å². The summed E-state index contributed by atoms with van der Waals surface area (Å²) >= 11 is 0. The van der Waals surface area contributed by atoms with Crippen molar-refractivity contribution in [1.82, 2.24) is 10.2 Å². The van der Waals surface area contributed by atoms with Crippen LogP contribution in [0.4, 0.5) is 6.01 Å². The van der Waals surface area contributed by atoms with Crippen molar-refractivity contribution in [3.63, 3.8) is 0 Å². The summed E-state index contributed by atoms with van der Waals surface area (Å²) in [5.41, 5.74) is 4.61. The lowest BCUT2D eigenvalue weighted by Gasteiger charge is -2.15. The Bertz CT molecular complexity index is 887. The maximum absolute atomic E-state index is 12.1. The third-order valence-corrected chi connectivity index (χ3v) is 4.47. The van der Waals surface area contributed by atoms with Gasteiger partial charge in [-0.3, -0.25) is 10.1 Å². The molecule has 3 aromatic rings. The third kappa shape index (κ3) is 3.60. The number of nitrogens with zero attached hydrogens (tertiary/aromatic N) is 2. The largest absolute Gasteiger partial charge is 0.403 e. The Kier molecular flexibility index (Phi) is 4.29. The normalized spacial score (nSPS) is 13.3. The van der Waals surface area contributed by atoms with Crippen LogP contribution in [0.15, 0.2) is 52.9 Å². The van der Waals surface area contributed by atoms with Gasteiger partial charge in [0.25, 0.3) is 0 Å². The van der Waals surface area contributed by atoms with Crippen molar-refractivity contribution in [1.29, 1.82) is 0 Å². The molecule has 0 atom stereocenters. The molecule has 0 fully saturated rings. The molecule has 0 saturated carbocycles. The van der Waals surface area contributed by atoms with Crippen LogP contribution in [0.1, 0.15) is 29.5 Å². The first-order chi connectivity index (χ1) is 12.3. The Morgan fingerprint density at radius 1 is 1.00 bits per heavy atom. The second-order valence-electron chi connectivity index (χ2n) is 6.31. The Labute approximate surface area is 146 Å². The summed E-state index contributed by atoms with van der Waals surface area (Å²) in [5, 5.41) is 10.7. The molecule has 2 aromatic carbocycles. The number of anilines is 1. The standard InChI is InChI=1S/C20H19N3O2/c24-18(12-14-6-2-1-3-7-14)21-20-23-22-19(25-20)17-11-10-15-8-4-5-9-16(15)13-17/h1-3,6-7,10-11,13H,4-5,8-9,12H2,(H,21,23,24). The van der Waals surface area contributed by atoms with E-state index in [4.69, 9.17) is 4.42 Å². The van der Waals surface area contributed by atoms with Gasteiger partial charge in [0.05, 0.1) is 6.42 Å². The summed E-state index contributed by atoms with van der Waals surface area (Å²) in [6, 6.07) is 16.0. The second kappa shape index (κ2) is 6.89. The van der Waals surface area contributed by atoms with Gasteiger partial charge in [0, 0.05) is 5.56 Å². The van der Waals surface area contributed by atoms with Gasteiger partial charge in [-0.2, -0.15) is 0 Å². The Morgan fingerprint density at radius 3 is 2.64 bits per heavy atom. The predicted molar refractivity (Wildman–Crippen MR) is 95.2 cm³/mol. The van der Waals surface area contributed by atoms with Crippen LogP contribution in [0, 0.1) is 0 Å². The highest BCUT2D eigenvalue weighted by Crippen LogP contribution is 2.27. The number of fused-ring (bicyclic) bond motifs is 1. The number of aryl methyl sites for hydroxylation is 2. The third-order valence-electron chi connectivity index (χ3n) is 4.47. The number of carbonyl (C=O) groups is 1. The van der Waals surface area contributed by atoms with Gasteiger partial charge in [0.1, 0.15) is 0 Å². The van der Waals surface area contributed by atoms with Crippen LogP contribution in [0.3, 0.4) is 0 Å². The summed E-state index contributed by atoms with van der Waals surface area (Å²) < 4.78 is 5.61. The van der Waals surface area contributed by atoms with E-state index in [1.807, 2.05) is 36.4 Å². The zero-order valence-corrected chi connectivity index (χ0v) is 13.9. The van der Waals surface area contributed by atoms with E-state index < -0.39 is 0 Å². The zero-order valence-electron chi connectivity index (χ0n) is 13.9. The minimum absolute atomic E-state index is 0.133. The average molecular weight is 333 g/mol. The lowest BCUT2D eigenvalue weighted by Crippen LogP contribution is -2.14. The van der Waals surface area contributed by atoms with E-state index in [-0.39, 0.29) is 18.3 Å². The SMILES string of the molecule is O=C(Cc1ccccc1)Nc1nnc(-c2ccc3c(c2)CCCC3)o1. The molecular formula is C20H19N3O2. The van der Waals surface area contributed by atoms with Crippen molar-refractivity contribution >= 4 is 11.9 Å². The van der Waals surface area contributed by atoms with Crippen molar-refractivity contribution < 1.29 is 9.21 Å². The average Bonchev–Trinajstić information content (AvgIpc) is 3.10. The van der Waals surface area contributed by atoms with Gasteiger partial charge in [0.2, 0.25) is 11.8 Å². The minimum atomic E-state index is -0.174. The summed E-state index contributed by atoms with van der Waals surface area (Å²) in [7, 11) is 0. The fourth-order valence-corrected chi connectivity index (χ4v) is 3.20. The summed E-state index contributed by atoms with van der Waals surface area (Å²) in [5.74, 6) is 0.259. The van der Waals surface area contributed by atoms with Gasteiger partial charge >= 0.3 is 6.01 Å². The first-order valence-corrected chi connectivity index (χ1v) is 8.57. The number of hydrogen-bond acceptors (Lipinski definition) is 4. The van der Waals surface area contributed by atoms with Crippen LogP contribution in [-0.2, 0) is 24.1 Å². The lowest BCUT2D eigenvalue weighted by molar-refractivity contribution is -0.115. The highest BCUT2D eigenvalue weighted by atomic mass is 16.4. The number of amides is 1. The molecule has 1 aliphatic carbocycles. The van der Waals surface area contributed by atoms with E-state index in [2.05, 4.69) is 27.6 Å². The quantitative estimate of drug-likeness (QED) is 0.788. The number of hydrogen-bond donors (Lipinski definition) is 1. The molecule has 1 amide bonds. The number of aromatic nitrogens is 2. The number of carbonyl (C=O) groups excluding carboxylic acids is 1. The van der Waals surface area contributed by atoms with Gasteiger partial charge < -0.3 is 4.42 Å². The molecule has 1 N–H and O–H groups in total. The molecule has 4 rings (SSSR count). The van der Waals surface area contributed by atoms with Crippen LogP contribution < -0.4 is 5.32 Å². The van der Waals surface area contributed by atoms with Crippen LogP contribution in [0.25, 0.3) is 11.5 Å². The molecule has 126 valence electrons.